The fourth-order valence-electron chi connectivity index (χ4n) is 7.20. The van der Waals surface area contributed by atoms with Crippen molar-refractivity contribution in [3.05, 3.63) is 11.6 Å². The average molecular weight is 377 g/mol. The molecule has 144 valence electrons. The second kappa shape index (κ2) is 6.48. The topological polar surface area (TPSA) is 54.4 Å². The summed E-state index contributed by atoms with van der Waals surface area (Å²) in [6.45, 7) is 6.18. The number of aliphatic hydroxyl groups is 1. The van der Waals surface area contributed by atoms with E-state index in [-0.39, 0.29) is 27.8 Å². The zero-order valence-electron chi connectivity index (χ0n) is 16.3. The molecule has 3 saturated carbocycles. The van der Waals surface area contributed by atoms with Crippen LogP contribution in [0, 0.1) is 34.5 Å². The highest BCUT2D eigenvalue weighted by atomic mass is 32.2. The number of allylic oxidation sites excluding steroid dienone is 1. The number of carbonyl (C=O) groups is 2. The zero-order valence-corrected chi connectivity index (χ0v) is 17.1. The molecule has 1 unspecified atom stereocenters. The van der Waals surface area contributed by atoms with E-state index in [1.54, 1.807) is 6.92 Å². The quantitative estimate of drug-likeness (QED) is 0.777. The lowest BCUT2D eigenvalue weighted by atomic mass is 9.47. The van der Waals surface area contributed by atoms with Crippen molar-refractivity contribution < 1.29 is 14.7 Å². The Bertz CT molecular complexity index is 656. The number of carbonyl (C=O) groups excluding carboxylic acids is 2. The van der Waals surface area contributed by atoms with Gasteiger partial charge in [0, 0.05) is 24.5 Å². The van der Waals surface area contributed by atoms with Crippen LogP contribution in [-0.2, 0) is 9.59 Å². The summed E-state index contributed by atoms with van der Waals surface area (Å²) >= 11 is 1.46. The highest BCUT2D eigenvalue weighted by molar-refractivity contribution is 8.13. The van der Waals surface area contributed by atoms with Gasteiger partial charge in [0.2, 0.25) is 0 Å². The molecule has 4 aliphatic carbocycles. The lowest BCUT2D eigenvalue weighted by Crippen LogP contribution is -2.53. The molecule has 0 aromatic rings. The number of thioether (sulfide) groups is 1. The molecule has 4 aliphatic rings. The molecule has 3 nitrogen and oxygen atoms in total. The number of hydrogen-bond acceptors (Lipinski definition) is 4. The Morgan fingerprint density at radius 3 is 2.77 bits per heavy atom. The van der Waals surface area contributed by atoms with E-state index in [2.05, 4.69) is 13.8 Å². The van der Waals surface area contributed by atoms with Crippen LogP contribution >= 0.6 is 11.8 Å². The van der Waals surface area contributed by atoms with Gasteiger partial charge in [0.1, 0.15) is 0 Å². The Labute approximate surface area is 161 Å². The third-order valence-electron chi connectivity index (χ3n) is 8.50. The number of ketones is 1. The van der Waals surface area contributed by atoms with Gasteiger partial charge < -0.3 is 5.11 Å². The Morgan fingerprint density at radius 1 is 1.27 bits per heavy atom. The maximum absolute atomic E-state index is 12.1. The smallest absolute Gasteiger partial charge is 0.185 e. The molecule has 0 spiro atoms. The Kier molecular flexibility index (Phi) is 4.67. The summed E-state index contributed by atoms with van der Waals surface area (Å²) in [7, 11) is 0. The SMILES string of the molecule is CC(=O)SC[C@]12CCC(=O)C=C1CC[C@@H]1[C@@H]2CC[C@]2(C)[C@@H](O)C(C)C[C@@H]12. The molecule has 1 N–H and O–H groups in total. The van der Waals surface area contributed by atoms with Crippen LogP contribution in [0.2, 0.25) is 0 Å². The van der Waals surface area contributed by atoms with Gasteiger partial charge in [0.15, 0.2) is 10.9 Å². The van der Waals surface area contributed by atoms with Crippen molar-refractivity contribution in [1.82, 2.24) is 0 Å². The van der Waals surface area contributed by atoms with Crippen molar-refractivity contribution in [2.75, 3.05) is 5.75 Å². The van der Waals surface area contributed by atoms with Gasteiger partial charge in [-0.1, -0.05) is 31.2 Å². The minimum absolute atomic E-state index is 0.0330. The summed E-state index contributed by atoms with van der Waals surface area (Å²) in [6.07, 6.45) is 8.79. The maximum atomic E-state index is 12.1. The Morgan fingerprint density at radius 2 is 2.04 bits per heavy atom. The molecule has 7 atom stereocenters. The molecule has 26 heavy (non-hydrogen) atoms. The van der Waals surface area contributed by atoms with Gasteiger partial charge >= 0.3 is 0 Å². The predicted octanol–water partition coefficient (Wildman–Crippen LogP) is 4.39. The minimum Gasteiger partial charge on any atom is -0.392 e. The van der Waals surface area contributed by atoms with Crippen LogP contribution in [0.1, 0.15) is 65.7 Å². The van der Waals surface area contributed by atoms with Crippen molar-refractivity contribution in [3.63, 3.8) is 0 Å². The fourth-order valence-corrected chi connectivity index (χ4v) is 8.21. The molecule has 0 saturated heterocycles. The second-order valence-electron chi connectivity index (χ2n) is 9.69. The lowest BCUT2D eigenvalue weighted by Gasteiger charge is -2.58. The van der Waals surface area contributed by atoms with Crippen LogP contribution in [0.25, 0.3) is 0 Å². The number of hydrogen-bond donors (Lipinski definition) is 1. The summed E-state index contributed by atoms with van der Waals surface area (Å²) < 4.78 is 0. The van der Waals surface area contributed by atoms with Gasteiger partial charge in [-0.25, -0.2) is 0 Å². The first-order chi connectivity index (χ1) is 12.3. The molecule has 4 rings (SSSR count). The molecular weight excluding hydrogens is 344 g/mol. The van der Waals surface area contributed by atoms with Crippen molar-refractivity contribution in [3.8, 4) is 0 Å². The third kappa shape index (κ3) is 2.66. The number of fused-ring (bicyclic) bond motifs is 5. The van der Waals surface area contributed by atoms with Crippen LogP contribution in [0.3, 0.4) is 0 Å². The summed E-state index contributed by atoms with van der Waals surface area (Å²) in [5, 5.41) is 11.0. The van der Waals surface area contributed by atoms with E-state index in [0.29, 0.717) is 30.1 Å². The first-order valence-electron chi connectivity index (χ1n) is 10.3. The Balaban J connectivity index is 1.70. The van der Waals surface area contributed by atoms with Gasteiger partial charge in [-0.05, 0) is 73.7 Å². The van der Waals surface area contributed by atoms with Crippen LogP contribution in [0.5, 0.6) is 0 Å². The minimum atomic E-state index is -0.180. The van der Waals surface area contributed by atoms with E-state index in [4.69, 9.17) is 0 Å². The van der Waals surface area contributed by atoms with E-state index >= 15 is 0 Å². The monoisotopic (exact) mass is 376 g/mol. The molecule has 0 bridgehead atoms. The van der Waals surface area contributed by atoms with Gasteiger partial charge in [0.05, 0.1) is 6.10 Å². The largest absolute Gasteiger partial charge is 0.392 e. The summed E-state index contributed by atoms with van der Waals surface area (Å²) in [5.74, 6) is 3.28. The van der Waals surface area contributed by atoms with E-state index in [9.17, 15) is 14.7 Å². The molecule has 0 heterocycles. The van der Waals surface area contributed by atoms with Gasteiger partial charge in [-0.2, -0.15) is 0 Å². The zero-order chi connectivity index (χ0) is 18.7. The van der Waals surface area contributed by atoms with Crippen molar-refractivity contribution >= 4 is 22.7 Å². The van der Waals surface area contributed by atoms with Crippen LogP contribution in [-0.4, -0.2) is 27.9 Å². The fraction of sp³-hybridized carbons (Fsp3) is 0.818. The highest BCUT2D eigenvalue weighted by Gasteiger charge is 2.61. The van der Waals surface area contributed by atoms with Gasteiger partial charge in [-0.15, -0.1) is 0 Å². The summed E-state index contributed by atoms with van der Waals surface area (Å²) in [4.78, 5) is 23.8. The van der Waals surface area contributed by atoms with Crippen LogP contribution < -0.4 is 0 Å². The van der Waals surface area contributed by atoms with Crippen molar-refractivity contribution in [2.45, 2.75) is 71.8 Å². The van der Waals surface area contributed by atoms with Crippen LogP contribution in [0.15, 0.2) is 11.6 Å². The summed E-state index contributed by atoms with van der Waals surface area (Å²) in [6, 6.07) is 0. The molecule has 0 amide bonds. The Hall–Kier alpha value is -0.610. The lowest BCUT2D eigenvalue weighted by molar-refractivity contribution is -0.117. The van der Waals surface area contributed by atoms with E-state index in [0.717, 1.165) is 44.3 Å². The number of rotatable bonds is 2. The molecule has 0 aromatic carbocycles. The predicted molar refractivity (Wildman–Crippen MR) is 105 cm³/mol. The van der Waals surface area contributed by atoms with Crippen molar-refractivity contribution in [1.29, 1.82) is 0 Å². The van der Waals surface area contributed by atoms with Gasteiger partial charge in [-0.3, -0.25) is 9.59 Å². The summed E-state index contributed by atoms with van der Waals surface area (Å²) in [5.41, 5.74) is 1.42. The molecule has 0 aromatic heterocycles. The van der Waals surface area contributed by atoms with E-state index < -0.39 is 0 Å². The highest BCUT2D eigenvalue weighted by Crippen LogP contribution is 2.66. The van der Waals surface area contributed by atoms with Gasteiger partial charge in [0.25, 0.3) is 0 Å². The molecule has 4 heteroatoms. The molecule has 3 fully saturated rings. The van der Waals surface area contributed by atoms with Crippen molar-refractivity contribution in [2.24, 2.45) is 34.5 Å². The molecule has 0 aliphatic heterocycles. The molecular formula is C22H32O3S. The average Bonchev–Trinajstić information content (AvgIpc) is 2.84. The standard InChI is InChI=1S/C22H32O3S/c1-13-10-19-17-5-4-15-11-16(24)6-9-22(15,12-26-14(2)23)18(17)7-8-21(19,3)20(13)25/h11,13,17-20,25H,4-10,12H2,1-3H3/t13?,17-,18+,19+,20+,21+,22-/m1/s1. The van der Waals surface area contributed by atoms with E-state index in [1.807, 2.05) is 6.08 Å². The third-order valence-corrected chi connectivity index (χ3v) is 9.56. The second-order valence-corrected chi connectivity index (χ2v) is 10.8. The maximum Gasteiger partial charge on any atom is 0.185 e. The first-order valence-corrected chi connectivity index (χ1v) is 11.3. The number of aliphatic hydroxyl groups excluding tert-OH is 1. The molecule has 0 radical (unpaired) electrons. The van der Waals surface area contributed by atoms with E-state index in [1.165, 1.54) is 17.3 Å². The first kappa shape index (κ1) is 18.7. The normalized spacial score (nSPS) is 47.6. The van der Waals surface area contributed by atoms with Crippen LogP contribution in [0.4, 0.5) is 0 Å².